The van der Waals surface area contributed by atoms with E-state index in [1.807, 2.05) is 12.1 Å². The van der Waals surface area contributed by atoms with Crippen LogP contribution in [0, 0.1) is 0 Å². The molecule has 2 heteroatoms. The molecule has 0 saturated carbocycles. The summed E-state index contributed by atoms with van der Waals surface area (Å²) in [6.45, 7) is 8.89. The van der Waals surface area contributed by atoms with Crippen LogP contribution in [0.25, 0.3) is 12.2 Å². The van der Waals surface area contributed by atoms with Gasteiger partial charge in [-0.3, -0.25) is 0 Å². The molecule has 0 fully saturated rings. The van der Waals surface area contributed by atoms with Crippen molar-refractivity contribution in [2.45, 2.75) is 39.5 Å². The van der Waals surface area contributed by atoms with Gasteiger partial charge in [0.2, 0.25) is 0 Å². The van der Waals surface area contributed by atoms with Crippen molar-refractivity contribution in [3.63, 3.8) is 0 Å². The topological polar surface area (TPSA) is 12.5 Å². The monoisotopic (exact) mass is 351 g/mol. The minimum absolute atomic E-state index is 0.780. The van der Waals surface area contributed by atoms with Gasteiger partial charge in [0.15, 0.2) is 0 Å². The minimum Gasteiger partial charge on any atom is -0.493 e. The number of hydrogen-bond donors (Lipinski definition) is 0. The number of para-hydroxylation sites is 1. The first-order chi connectivity index (χ1) is 12.8. The zero-order chi connectivity index (χ0) is 18.5. The zero-order valence-corrected chi connectivity index (χ0v) is 16.4. The molecule has 0 radical (unpaired) electrons. The first-order valence-electron chi connectivity index (χ1n) is 10.0. The highest BCUT2D eigenvalue weighted by Crippen LogP contribution is 2.21. The Morgan fingerprint density at radius 2 is 1.46 bits per heavy atom. The molecule has 2 nitrogen and oxygen atoms in total. The van der Waals surface area contributed by atoms with Crippen molar-refractivity contribution in [1.29, 1.82) is 0 Å². The van der Waals surface area contributed by atoms with E-state index in [1.54, 1.807) is 0 Å². The quantitative estimate of drug-likeness (QED) is 0.336. The fourth-order valence-electron chi connectivity index (χ4n) is 3.09. The maximum Gasteiger partial charge on any atom is 0.126 e. The van der Waals surface area contributed by atoms with Crippen molar-refractivity contribution in [3.05, 3.63) is 65.7 Å². The molecule has 0 atom stereocenters. The maximum atomic E-state index is 6.06. The Kier molecular flexibility index (Phi) is 9.60. The van der Waals surface area contributed by atoms with Gasteiger partial charge in [-0.2, -0.15) is 0 Å². The molecule has 2 aromatic carbocycles. The first kappa shape index (κ1) is 20.3. The van der Waals surface area contributed by atoms with Crippen LogP contribution in [0.2, 0.25) is 0 Å². The highest BCUT2D eigenvalue weighted by molar-refractivity contribution is 5.72. The standard InChI is InChI=1S/C24H33NO/c1-3-18-25(19-4-2)20-10-11-21-26-24-15-9-8-14-23(24)17-16-22-12-6-5-7-13-22/h5-9,12-17H,3-4,10-11,18-21H2,1-2H3/b17-16+. The van der Waals surface area contributed by atoms with Gasteiger partial charge in [-0.15, -0.1) is 0 Å². The van der Waals surface area contributed by atoms with Gasteiger partial charge in [0.25, 0.3) is 0 Å². The molecule has 0 unspecified atom stereocenters. The predicted octanol–water partition coefficient (Wildman–Crippen LogP) is 6.14. The van der Waals surface area contributed by atoms with Crippen LogP contribution >= 0.6 is 0 Å². The summed E-state index contributed by atoms with van der Waals surface area (Å²) in [5.74, 6) is 0.971. The van der Waals surface area contributed by atoms with Crippen LogP contribution in [0.1, 0.15) is 50.7 Å². The van der Waals surface area contributed by atoms with Gasteiger partial charge in [0, 0.05) is 5.56 Å². The van der Waals surface area contributed by atoms with E-state index in [9.17, 15) is 0 Å². The molecule has 0 amide bonds. The SMILES string of the molecule is CCCN(CCC)CCCCOc1ccccc1/C=C/c1ccccc1. The van der Waals surface area contributed by atoms with Crippen LogP contribution in [-0.4, -0.2) is 31.1 Å². The molecule has 0 heterocycles. The second kappa shape index (κ2) is 12.3. The molecule has 2 aromatic rings. The zero-order valence-electron chi connectivity index (χ0n) is 16.4. The van der Waals surface area contributed by atoms with Gasteiger partial charge < -0.3 is 9.64 Å². The molecule has 2 rings (SSSR count). The van der Waals surface area contributed by atoms with Crippen molar-refractivity contribution in [3.8, 4) is 5.75 Å². The van der Waals surface area contributed by atoms with E-state index in [0.717, 1.165) is 24.3 Å². The Morgan fingerprint density at radius 3 is 2.19 bits per heavy atom. The normalized spacial score (nSPS) is 11.3. The molecule has 0 N–H and O–H groups in total. The Morgan fingerprint density at radius 1 is 0.769 bits per heavy atom. The van der Waals surface area contributed by atoms with Crippen LogP contribution < -0.4 is 4.74 Å². The van der Waals surface area contributed by atoms with Crippen LogP contribution in [0.5, 0.6) is 5.75 Å². The summed E-state index contributed by atoms with van der Waals surface area (Å²) in [5, 5.41) is 0. The molecule has 26 heavy (non-hydrogen) atoms. The van der Waals surface area contributed by atoms with Gasteiger partial charge in [-0.05, 0) is 56.9 Å². The Labute approximate surface area is 159 Å². The van der Waals surface area contributed by atoms with Gasteiger partial charge in [-0.25, -0.2) is 0 Å². The van der Waals surface area contributed by atoms with E-state index < -0.39 is 0 Å². The van der Waals surface area contributed by atoms with Crippen LogP contribution in [0.3, 0.4) is 0 Å². The van der Waals surface area contributed by atoms with E-state index >= 15 is 0 Å². The van der Waals surface area contributed by atoms with E-state index in [2.05, 4.69) is 73.4 Å². The lowest BCUT2D eigenvalue weighted by Crippen LogP contribution is -2.26. The number of nitrogens with zero attached hydrogens (tertiary/aromatic N) is 1. The van der Waals surface area contributed by atoms with Gasteiger partial charge in [0.1, 0.15) is 5.75 Å². The van der Waals surface area contributed by atoms with Crippen LogP contribution in [0.4, 0.5) is 0 Å². The first-order valence-corrected chi connectivity index (χ1v) is 10.0. The van der Waals surface area contributed by atoms with Gasteiger partial charge in [0.05, 0.1) is 6.61 Å². The fourth-order valence-corrected chi connectivity index (χ4v) is 3.09. The summed E-state index contributed by atoms with van der Waals surface area (Å²) in [6.07, 6.45) is 9.03. The van der Waals surface area contributed by atoms with Crippen molar-refractivity contribution in [1.82, 2.24) is 4.90 Å². The summed E-state index contributed by atoms with van der Waals surface area (Å²) >= 11 is 0. The largest absolute Gasteiger partial charge is 0.493 e. The highest BCUT2D eigenvalue weighted by atomic mass is 16.5. The molecular weight excluding hydrogens is 318 g/mol. The molecule has 0 aromatic heterocycles. The lowest BCUT2D eigenvalue weighted by molar-refractivity contribution is 0.250. The van der Waals surface area contributed by atoms with E-state index in [4.69, 9.17) is 4.74 Å². The third-order valence-electron chi connectivity index (χ3n) is 4.38. The van der Waals surface area contributed by atoms with Crippen molar-refractivity contribution in [2.24, 2.45) is 0 Å². The van der Waals surface area contributed by atoms with E-state index in [1.165, 1.54) is 44.5 Å². The fraction of sp³-hybridized carbons (Fsp3) is 0.417. The van der Waals surface area contributed by atoms with E-state index in [-0.39, 0.29) is 0 Å². The third-order valence-corrected chi connectivity index (χ3v) is 4.38. The number of ether oxygens (including phenoxy) is 1. The second-order valence-corrected chi connectivity index (χ2v) is 6.68. The number of unbranched alkanes of at least 4 members (excludes halogenated alkanes) is 1. The van der Waals surface area contributed by atoms with Crippen LogP contribution in [0.15, 0.2) is 54.6 Å². The summed E-state index contributed by atoms with van der Waals surface area (Å²) in [7, 11) is 0. The van der Waals surface area contributed by atoms with E-state index in [0.29, 0.717) is 0 Å². The third kappa shape index (κ3) is 7.45. The van der Waals surface area contributed by atoms with Gasteiger partial charge in [-0.1, -0.05) is 74.5 Å². The van der Waals surface area contributed by atoms with Crippen LogP contribution in [-0.2, 0) is 0 Å². The summed E-state index contributed by atoms with van der Waals surface area (Å²) in [6, 6.07) is 18.6. The molecule has 140 valence electrons. The lowest BCUT2D eigenvalue weighted by atomic mass is 10.1. The maximum absolute atomic E-state index is 6.06. The van der Waals surface area contributed by atoms with Crippen molar-refractivity contribution >= 4 is 12.2 Å². The average Bonchev–Trinajstić information content (AvgIpc) is 2.68. The molecule has 0 aliphatic rings. The van der Waals surface area contributed by atoms with Crippen molar-refractivity contribution < 1.29 is 4.74 Å². The summed E-state index contributed by atoms with van der Waals surface area (Å²) < 4.78 is 6.06. The minimum atomic E-state index is 0.780. The second-order valence-electron chi connectivity index (χ2n) is 6.68. The van der Waals surface area contributed by atoms with Crippen molar-refractivity contribution in [2.75, 3.05) is 26.2 Å². The number of hydrogen-bond acceptors (Lipinski definition) is 2. The summed E-state index contributed by atoms with van der Waals surface area (Å²) in [5.41, 5.74) is 2.34. The smallest absolute Gasteiger partial charge is 0.126 e. The number of rotatable bonds is 12. The lowest BCUT2D eigenvalue weighted by Gasteiger charge is -2.20. The highest BCUT2D eigenvalue weighted by Gasteiger charge is 2.03. The number of benzene rings is 2. The average molecular weight is 352 g/mol. The molecule has 0 spiro atoms. The Balaban J connectivity index is 1.80. The molecular formula is C24H33NO. The Bertz CT molecular complexity index is 630. The molecule has 0 aliphatic carbocycles. The Hall–Kier alpha value is -2.06. The molecule has 0 bridgehead atoms. The van der Waals surface area contributed by atoms with Gasteiger partial charge >= 0.3 is 0 Å². The summed E-state index contributed by atoms with van der Waals surface area (Å²) in [4.78, 5) is 2.57. The predicted molar refractivity (Wildman–Crippen MR) is 114 cm³/mol. The molecule has 0 saturated heterocycles. The molecule has 0 aliphatic heterocycles.